The SMILES string of the molecule is CC(NC(=O)CCc1ncc(C(C)(C)C)o1)C(=O)O. The van der Waals surface area contributed by atoms with Crippen molar-refractivity contribution in [1.82, 2.24) is 10.3 Å². The zero-order chi connectivity index (χ0) is 14.6. The molecule has 1 unspecified atom stereocenters. The molecule has 2 N–H and O–H groups in total. The summed E-state index contributed by atoms with van der Waals surface area (Å²) < 4.78 is 5.54. The lowest BCUT2D eigenvalue weighted by Gasteiger charge is -2.13. The molecular weight excluding hydrogens is 248 g/mol. The molecule has 106 valence electrons. The van der Waals surface area contributed by atoms with E-state index in [9.17, 15) is 9.59 Å². The van der Waals surface area contributed by atoms with Crippen LogP contribution in [-0.2, 0) is 21.4 Å². The van der Waals surface area contributed by atoms with Gasteiger partial charge in [0.1, 0.15) is 11.8 Å². The molecule has 0 aliphatic heterocycles. The number of carbonyl (C=O) groups is 2. The average molecular weight is 268 g/mol. The van der Waals surface area contributed by atoms with Crippen LogP contribution in [0.1, 0.15) is 45.8 Å². The van der Waals surface area contributed by atoms with Crippen molar-refractivity contribution in [3.63, 3.8) is 0 Å². The van der Waals surface area contributed by atoms with Crippen LogP contribution in [0, 0.1) is 0 Å². The molecule has 6 nitrogen and oxygen atoms in total. The molecule has 1 aromatic rings. The smallest absolute Gasteiger partial charge is 0.325 e. The van der Waals surface area contributed by atoms with E-state index in [1.165, 1.54) is 6.92 Å². The highest BCUT2D eigenvalue weighted by Crippen LogP contribution is 2.22. The zero-order valence-electron chi connectivity index (χ0n) is 11.7. The maximum absolute atomic E-state index is 11.5. The van der Waals surface area contributed by atoms with Crippen molar-refractivity contribution in [1.29, 1.82) is 0 Å². The highest BCUT2D eigenvalue weighted by molar-refractivity contribution is 5.83. The third kappa shape index (κ3) is 4.73. The van der Waals surface area contributed by atoms with Crippen LogP contribution < -0.4 is 5.32 Å². The van der Waals surface area contributed by atoms with Crippen molar-refractivity contribution in [3.05, 3.63) is 17.8 Å². The predicted octanol–water partition coefficient (Wildman–Crippen LogP) is 1.49. The van der Waals surface area contributed by atoms with Crippen LogP contribution in [0.25, 0.3) is 0 Å². The van der Waals surface area contributed by atoms with E-state index < -0.39 is 12.0 Å². The quantitative estimate of drug-likeness (QED) is 0.844. The van der Waals surface area contributed by atoms with E-state index in [-0.39, 0.29) is 17.7 Å². The summed E-state index contributed by atoms with van der Waals surface area (Å²) in [7, 11) is 0. The second kappa shape index (κ2) is 5.86. The molecule has 0 bridgehead atoms. The maximum Gasteiger partial charge on any atom is 0.325 e. The van der Waals surface area contributed by atoms with Gasteiger partial charge in [0.25, 0.3) is 0 Å². The third-order valence-electron chi connectivity index (χ3n) is 2.61. The minimum absolute atomic E-state index is 0.120. The molecule has 0 spiro atoms. The summed E-state index contributed by atoms with van der Waals surface area (Å²) in [5.41, 5.74) is -0.120. The molecule has 0 saturated heterocycles. The van der Waals surface area contributed by atoms with Crippen molar-refractivity contribution in [2.24, 2.45) is 0 Å². The maximum atomic E-state index is 11.5. The second-order valence-corrected chi connectivity index (χ2v) is 5.50. The number of carboxylic acids is 1. The first-order valence-electron chi connectivity index (χ1n) is 6.17. The van der Waals surface area contributed by atoms with E-state index in [0.29, 0.717) is 12.3 Å². The fourth-order valence-corrected chi connectivity index (χ4v) is 1.37. The Morgan fingerprint density at radius 3 is 2.58 bits per heavy atom. The van der Waals surface area contributed by atoms with E-state index >= 15 is 0 Å². The first-order valence-corrected chi connectivity index (χ1v) is 6.17. The Morgan fingerprint density at radius 2 is 2.11 bits per heavy atom. The summed E-state index contributed by atoms with van der Waals surface area (Å²) in [5, 5.41) is 11.0. The number of aliphatic carboxylic acids is 1. The minimum atomic E-state index is -1.06. The van der Waals surface area contributed by atoms with Gasteiger partial charge in [0.05, 0.1) is 6.20 Å². The van der Waals surface area contributed by atoms with Crippen LogP contribution in [0.15, 0.2) is 10.6 Å². The van der Waals surface area contributed by atoms with Gasteiger partial charge in [0.15, 0.2) is 5.89 Å². The molecule has 0 aliphatic carbocycles. The molecule has 0 fully saturated rings. The standard InChI is InChI=1S/C13H20N2O4/c1-8(12(17)18)15-10(16)5-6-11-14-7-9(19-11)13(2,3)4/h7-8H,5-6H2,1-4H3,(H,15,16)(H,17,18). The van der Waals surface area contributed by atoms with E-state index in [0.717, 1.165) is 5.76 Å². The third-order valence-corrected chi connectivity index (χ3v) is 2.61. The van der Waals surface area contributed by atoms with E-state index in [1.54, 1.807) is 6.20 Å². The van der Waals surface area contributed by atoms with Gasteiger partial charge < -0.3 is 14.8 Å². The van der Waals surface area contributed by atoms with Gasteiger partial charge in [-0.05, 0) is 6.92 Å². The van der Waals surface area contributed by atoms with Gasteiger partial charge in [-0.25, -0.2) is 4.98 Å². The van der Waals surface area contributed by atoms with Gasteiger partial charge in [0, 0.05) is 18.3 Å². The number of rotatable bonds is 5. The van der Waals surface area contributed by atoms with Crippen molar-refractivity contribution in [3.8, 4) is 0 Å². The summed E-state index contributed by atoms with van der Waals surface area (Å²) in [6.45, 7) is 7.46. The molecule has 0 saturated carbocycles. The molecule has 1 amide bonds. The largest absolute Gasteiger partial charge is 0.480 e. The molecular formula is C13H20N2O4. The predicted molar refractivity (Wildman–Crippen MR) is 68.8 cm³/mol. The number of carbonyl (C=O) groups excluding carboxylic acids is 1. The first kappa shape index (κ1) is 15.2. The minimum Gasteiger partial charge on any atom is -0.480 e. The first-order chi connectivity index (χ1) is 8.70. The van der Waals surface area contributed by atoms with Crippen LogP contribution in [0.3, 0.4) is 0 Å². The number of hydrogen-bond donors (Lipinski definition) is 2. The fraction of sp³-hybridized carbons (Fsp3) is 0.615. The van der Waals surface area contributed by atoms with E-state index in [4.69, 9.17) is 9.52 Å². The molecule has 0 radical (unpaired) electrons. The Bertz CT molecular complexity index is 459. The lowest BCUT2D eigenvalue weighted by Crippen LogP contribution is -2.38. The Hall–Kier alpha value is -1.85. The van der Waals surface area contributed by atoms with E-state index in [2.05, 4.69) is 10.3 Å². The Balaban J connectivity index is 2.47. The molecule has 0 aliphatic rings. The number of aryl methyl sites for hydroxylation is 1. The lowest BCUT2D eigenvalue weighted by atomic mass is 9.94. The lowest BCUT2D eigenvalue weighted by molar-refractivity contribution is -0.141. The van der Waals surface area contributed by atoms with Gasteiger partial charge in [0.2, 0.25) is 5.91 Å². The number of nitrogens with one attached hydrogen (secondary N) is 1. The van der Waals surface area contributed by atoms with Crippen LogP contribution in [0.5, 0.6) is 0 Å². The number of amides is 1. The van der Waals surface area contributed by atoms with E-state index in [1.807, 2.05) is 20.8 Å². The Labute approximate surface area is 112 Å². The normalized spacial score (nSPS) is 13.1. The van der Waals surface area contributed by atoms with Crippen molar-refractivity contribution in [2.45, 2.75) is 52.0 Å². The van der Waals surface area contributed by atoms with Crippen molar-refractivity contribution in [2.75, 3.05) is 0 Å². The van der Waals surface area contributed by atoms with Crippen molar-refractivity contribution < 1.29 is 19.1 Å². The zero-order valence-corrected chi connectivity index (χ0v) is 11.7. The second-order valence-electron chi connectivity index (χ2n) is 5.50. The Kier molecular flexibility index (Phi) is 4.69. The van der Waals surface area contributed by atoms with Crippen LogP contribution in [0.4, 0.5) is 0 Å². The summed E-state index contributed by atoms with van der Waals surface area (Å²) in [6, 6.07) is -0.887. The highest BCUT2D eigenvalue weighted by Gasteiger charge is 2.20. The molecule has 1 rings (SSSR count). The summed E-state index contributed by atoms with van der Waals surface area (Å²) in [4.78, 5) is 26.2. The Morgan fingerprint density at radius 1 is 1.47 bits per heavy atom. The van der Waals surface area contributed by atoms with Gasteiger partial charge in [-0.15, -0.1) is 0 Å². The van der Waals surface area contributed by atoms with Crippen LogP contribution in [0.2, 0.25) is 0 Å². The molecule has 19 heavy (non-hydrogen) atoms. The highest BCUT2D eigenvalue weighted by atomic mass is 16.4. The number of oxazole rings is 1. The summed E-state index contributed by atoms with van der Waals surface area (Å²) in [6.07, 6.45) is 2.17. The van der Waals surface area contributed by atoms with Gasteiger partial charge in [-0.3, -0.25) is 9.59 Å². The molecule has 0 aromatic carbocycles. The van der Waals surface area contributed by atoms with Gasteiger partial charge in [-0.1, -0.05) is 20.8 Å². The van der Waals surface area contributed by atoms with Crippen LogP contribution >= 0.6 is 0 Å². The average Bonchev–Trinajstić information content (AvgIpc) is 2.74. The molecule has 1 aromatic heterocycles. The topological polar surface area (TPSA) is 92.4 Å². The number of nitrogens with zero attached hydrogens (tertiary/aromatic N) is 1. The molecule has 1 heterocycles. The van der Waals surface area contributed by atoms with Gasteiger partial charge in [-0.2, -0.15) is 0 Å². The molecule has 1 atom stereocenters. The number of carboxylic acid groups (broad SMARTS) is 1. The summed E-state index contributed by atoms with van der Waals surface area (Å²) in [5.74, 6) is -0.130. The fourth-order valence-electron chi connectivity index (χ4n) is 1.37. The number of aromatic nitrogens is 1. The number of hydrogen-bond acceptors (Lipinski definition) is 4. The van der Waals surface area contributed by atoms with Crippen molar-refractivity contribution >= 4 is 11.9 Å². The molecule has 6 heteroatoms. The van der Waals surface area contributed by atoms with Gasteiger partial charge >= 0.3 is 5.97 Å². The van der Waals surface area contributed by atoms with Crippen LogP contribution in [-0.4, -0.2) is 28.0 Å². The summed E-state index contributed by atoms with van der Waals surface area (Å²) >= 11 is 0. The monoisotopic (exact) mass is 268 g/mol.